The molecule has 0 aromatic carbocycles. The highest BCUT2D eigenvalue weighted by Gasteiger charge is 2.01. The third-order valence-electron chi connectivity index (χ3n) is 1.93. The van der Waals surface area contributed by atoms with Crippen LogP contribution in [0.3, 0.4) is 0 Å². The lowest BCUT2D eigenvalue weighted by atomic mass is 10.1. The number of hydrogen-bond acceptors (Lipinski definition) is 1. The van der Waals surface area contributed by atoms with E-state index in [2.05, 4.69) is 31.8 Å². The van der Waals surface area contributed by atoms with Crippen molar-refractivity contribution in [1.82, 2.24) is 0 Å². The quantitative estimate of drug-likeness (QED) is 0.543. The Balaban J connectivity index is 4.74. The van der Waals surface area contributed by atoms with Crippen molar-refractivity contribution in [2.75, 3.05) is 0 Å². The van der Waals surface area contributed by atoms with Crippen molar-refractivity contribution in [3.8, 4) is 0 Å². The summed E-state index contributed by atoms with van der Waals surface area (Å²) >= 11 is 0. The molecule has 0 amide bonds. The molecule has 0 fully saturated rings. The first kappa shape index (κ1) is 13.9. The van der Waals surface area contributed by atoms with E-state index in [0.717, 1.165) is 18.5 Å². The van der Waals surface area contributed by atoms with Crippen LogP contribution in [-0.4, -0.2) is 5.84 Å². The van der Waals surface area contributed by atoms with E-state index in [1.54, 1.807) is 0 Å². The van der Waals surface area contributed by atoms with Crippen LogP contribution in [0, 0.1) is 5.92 Å². The minimum atomic E-state index is 0.431. The van der Waals surface area contributed by atoms with E-state index in [9.17, 15) is 0 Å². The van der Waals surface area contributed by atoms with Crippen molar-refractivity contribution in [3.63, 3.8) is 0 Å². The van der Waals surface area contributed by atoms with Gasteiger partial charge in [-0.3, -0.25) is 0 Å². The average Bonchev–Trinajstić information content (AvgIpc) is 2.10. The first-order chi connectivity index (χ1) is 6.97. The van der Waals surface area contributed by atoms with Crippen molar-refractivity contribution in [1.29, 1.82) is 0 Å². The highest BCUT2D eigenvalue weighted by atomic mass is 14.9. The molecule has 2 N–H and O–H groups in total. The molecule has 0 bridgehead atoms. The summed E-state index contributed by atoms with van der Waals surface area (Å²) < 4.78 is 0. The highest BCUT2D eigenvalue weighted by Crippen LogP contribution is 2.12. The Morgan fingerprint density at radius 1 is 1.33 bits per heavy atom. The SMILES string of the molecule is CCC/C=C(/N=C(N)C=C(C)C)C(C)C. The summed E-state index contributed by atoms with van der Waals surface area (Å²) in [5, 5.41) is 0. The van der Waals surface area contributed by atoms with Gasteiger partial charge < -0.3 is 5.73 Å². The molecule has 0 unspecified atom stereocenters. The monoisotopic (exact) mass is 208 g/mol. The molecule has 0 spiro atoms. The van der Waals surface area contributed by atoms with Gasteiger partial charge in [0.1, 0.15) is 5.84 Å². The van der Waals surface area contributed by atoms with Crippen LogP contribution in [0.4, 0.5) is 0 Å². The van der Waals surface area contributed by atoms with Gasteiger partial charge in [-0.25, -0.2) is 4.99 Å². The fourth-order valence-corrected chi connectivity index (χ4v) is 1.18. The van der Waals surface area contributed by atoms with Crippen molar-refractivity contribution in [2.24, 2.45) is 16.6 Å². The van der Waals surface area contributed by atoms with Gasteiger partial charge in [0.2, 0.25) is 0 Å². The van der Waals surface area contributed by atoms with Gasteiger partial charge in [-0.05, 0) is 32.3 Å². The van der Waals surface area contributed by atoms with E-state index in [1.807, 2.05) is 19.9 Å². The Bertz CT molecular complexity index is 266. The molecule has 0 rings (SSSR count). The van der Waals surface area contributed by atoms with Gasteiger partial charge in [0.05, 0.1) is 0 Å². The molecule has 0 aliphatic rings. The molecule has 0 atom stereocenters. The summed E-state index contributed by atoms with van der Waals surface area (Å²) in [7, 11) is 0. The van der Waals surface area contributed by atoms with Gasteiger partial charge in [0.25, 0.3) is 0 Å². The Labute approximate surface area is 94.0 Å². The van der Waals surface area contributed by atoms with Crippen LogP contribution in [0.25, 0.3) is 0 Å². The molecule has 86 valence electrons. The third kappa shape index (κ3) is 6.95. The van der Waals surface area contributed by atoms with Crippen LogP contribution >= 0.6 is 0 Å². The largest absolute Gasteiger partial charge is 0.384 e. The maximum absolute atomic E-state index is 5.82. The summed E-state index contributed by atoms with van der Waals surface area (Å²) in [4.78, 5) is 4.43. The first-order valence-corrected chi connectivity index (χ1v) is 5.66. The second kappa shape index (κ2) is 7.27. The smallest absolute Gasteiger partial charge is 0.123 e. The molecule has 0 saturated heterocycles. The molecule has 0 aliphatic heterocycles. The Kier molecular flexibility index (Phi) is 6.76. The minimum Gasteiger partial charge on any atom is -0.384 e. The maximum Gasteiger partial charge on any atom is 0.123 e. The molecule has 0 aromatic rings. The Morgan fingerprint density at radius 3 is 2.33 bits per heavy atom. The lowest BCUT2D eigenvalue weighted by Gasteiger charge is -2.06. The number of allylic oxidation sites excluding steroid dienone is 3. The minimum absolute atomic E-state index is 0.431. The second-order valence-corrected chi connectivity index (χ2v) is 4.33. The molecule has 2 nitrogen and oxygen atoms in total. The molecule has 0 radical (unpaired) electrons. The van der Waals surface area contributed by atoms with Gasteiger partial charge in [-0.1, -0.05) is 38.8 Å². The van der Waals surface area contributed by atoms with Gasteiger partial charge in [-0.15, -0.1) is 0 Å². The van der Waals surface area contributed by atoms with E-state index in [4.69, 9.17) is 5.73 Å². The van der Waals surface area contributed by atoms with E-state index in [1.165, 1.54) is 5.57 Å². The second-order valence-electron chi connectivity index (χ2n) is 4.33. The van der Waals surface area contributed by atoms with Gasteiger partial charge in [0, 0.05) is 5.70 Å². The zero-order chi connectivity index (χ0) is 11.8. The highest BCUT2D eigenvalue weighted by molar-refractivity contribution is 5.92. The van der Waals surface area contributed by atoms with Gasteiger partial charge >= 0.3 is 0 Å². The number of unbranched alkanes of at least 4 members (excludes halogenated alkanes) is 1. The summed E-state index contributed by atoms with van der Waals surface area (Å²) in [6.45, 7) is 10.5. The fraction of sp³-hybridized carbons (Fsp3) is 0.615. The lowest BCUT2D eigenvalue weighted by Crippen LogP contribution is -2.10. The summed E-state index contributed by atoms with van der Waals surface area (Å²) in [6.07, 6.45) is 6.30. The first-order valence-electron chi connectivity index (χ1n) is 5.66. The molecule has 0 saturated carbocycles. The van der Waals surface area contributed by atoms with Crippen LogP contribution < -0.4 is 5.73 Å². The van der Waals surface area contributed by atoms with Crippen molar-refractivity contribution >= 4 is 5.84 Å². The third-order valence-corrected chi connectivity index (χ3v) is 1.93. The predicted octanol–water partition coefficient (Wildman–Crippen LogP) is 3.65. The molecule has 15 heavy (non-hydrogen) atoms. The summed E-state index contributed by atoms with van der Waals surface area (Å²) in [5.74, 6) is 1.03. The van der Waals surface area contributed by atoms with Gasteiger partial charge in [0.15, 0.2) is 0 Å². The van der Waals surface area contributed by atoms with Crippen molar-refractivity contribution in [3.05, 3.63) is 23.4 Å². The van der Waals surface area contributed by atoms with Crippen LogP contribution in [0.2, 0.25) is 0 Å². The molecule has 0 heterocycles. The Hall–Kier alpha value is -1.05. The Morgan fingerprint density at radius 2 is 1.93 bits per heavy atom. The summed E-state index contributed by atoms with van der Waals surface area (Å²) in [5.41, 5.74) is 8.08. The van der Waals surface area contributed by atoms with Crippen molar-refractivity contribution < 1.29 is 0 Å². The number of hydrogen-bond donors (Lipinski definition) is 1. The van der Waals surface area contributed by atoms with Crippen LogP contribution in [0.1, 0.15) is 47.5 Å². The maximum atomic E-state index is 5.82. The van der Waals surface area contributed by atoms with Crippen LogP contribution in [-0.2, 0) is 0 Å². The standard InChI is InChI=1S/C13H24N2/c1-6-7-8-12(11(4)5)15-13(14)9-10(2)3/h8-9,11H,6-7H2,1-5H3,(H2,14,15)/b12-8+. The molecule has 0 aliphatic carbocycles. The number of amidine groups is 1. The fourth-order valence-electron chi connectivity index (χ4n) is 1.18. The molecule has 2 heteroatoms. The van der Waals surface area contributed by atoms with E-state index < -0.39 is 0 Å². The molecular formula is C13H24N2. The number of aliphatic imine (C=N–C) groups is 1. The number of rotatable bonds is 5. The average molecular weight is 208 g/mol. The zero-order valence-electron chi connectivity index (χ0n) is 10.7. The normalized spacial score (nSPS) is 13.2. The summed E-state index contributed by atoms with van der Waals surface area (Å²) in [6, 6.07) is 0. The molecular weight excluding hydrogens is 184 g/mol. The topological polar surface area (TPSA) is 38.4 Å². The van der Waals surface area contributed by atoms with Crippen LogP contribution in [0.15, 0.2) is 28.4 Å². The van der Waals surface area contributed by atoms with Crippen molar-refractivity contribution in [2.45, 2.75) is 47.5 Å². The lowest BCUT2D eigenvalue weighted by molar-refractivity contribution is 0.746. The zero-order valence-corrected chi connectivity index (χ0v) is 10.7. The van der Waals surface area contributed by atoms with Crippen LogP contribution in [0.5, 0.6) is 0 Å². The van der Waals surface area contributed by atoms with E-state index in [-0.39, 0.29) is 0 Å². The number of nitrogens with two attached hydrogens (primary N) is 1. The van der Waals surface area contributed by atoms with Gasteiger partial charge in [-0.2, -0.15) is 0 Å². The van der Waals surface area contributed by atoms with E-state index >= 15 is 0 Å². The molecule has 0 aromatic heterocycles. The predicted molar refractivity (Wildman–Crippen MR) is 68.9 cm³/mol. The van der Waals surface area contributed by atoms with E-state index in [0.29, 0.717) is 11.8 Å². The number of nitrogens with zero attached hydrogens (tertiary/aromatic N) is 1.